The second-order valence-corrected chi connectivity index (χ2v) is 11.7. The zero-order valence-corrected chi connectivity index (χ0v) is 24.2. The van der Waals surface area contributed by atoms with Gasteiger partial charge in [0, 0.05) is 49.1 Å². The number of alkyl halides is 3. The Morgan fingerprint density at radius 1 is 1.07 bits per heavy atom. The molecule has 0 aliphatic carbocycles. The van der Waals surface area contributed by atoms with Crippen LogP contribution in [0.5, 0.6) is 0 Å². The molecular formula is C31H26F6N4O5. The van der Waals surface area contributed by atoms with Crippen LogP contribution in [0.1, 0.15) is 69.8 Å². The van der Waals surface area contributed by atoms with E-state index in [1.54, 1.807) is 6.92 Å². The molecule has 3 unspecified atom stereocenters. The second-order valence-electron chi connectivity index (χ2n) is 11.7. The fraction of sp³-hybridized carbons (Fsp3) is 0.355. The SMILES string of the molecule is CC1CCC2(CC(=O)N(Cc3cccc(C(F)(F)F)c3)O2)C2CN1C(=O)c1cc(=O)c(C(=O)NCc3c(F)cc(F)cc3F)cn12. The van der Waals surface area contributed by atoms with E-state index in [4.69, 9.17) is 4.84 Å². The molecule has 2 aromatic carbocycles. The molecule has 3 aliphatic heterocycles. The topological polar surface area (TPSA) is 101 Å². The van der Waals surface area contributed by atoms with Crippen molar-refractivity contribution < 1.29 is 45.6 Å². The van der Waals surface area contributed by atoms with Crippen molar-refractivity contribution in [2.75, 3.05) is 6.54 Å². The molecule has 0 radical (unpaired) electrons. The van der Waals surface area contributed by atoms with Gasteiger partial charge in [0.15, 0.2) is 5.43 Å². The molecule has 46 heavy (non-hydrogen) atoms. The maximum atomic E-state index is 14.1. The smallest absolute Gasteiger partial charge is 0.348 e. The summed E-state index contributed by atoms with van der Waals surface area (Å²) in [6, 6.07) is 5.23. The van der Waals surface area contributed by atoms with Crippen LogP contribution in [0.15, 0.2) is 53.5 Å². The normalized spacial score (nSPS) is 22.7. The lowest BCUT2D eigenvalue weighted by atomic mass is 9.85. The summed E-state index contributed by atoms with van der Waals surface area (Å²) in [5.41, 5.74) is -4.02. The number of carbonyl (C=O) groups is 3. The van der Waals surface area contributed by atoms with E-state index >= 15 is 0 Å². The molecule has 242 valence electrons. The van der Waals surface area contributed by atoms with Crippen LogP contribution in [0.2, 0.25) is 0 Å². The van der Waals surface area contributed by atoms with E-state index in [0.717, 1.165) is 29.5 Å². The van der Waals surface area contributed by atoms with Crippen LogP contribution in [-0.2, 0) is 28.9 Å². The molecule has 1 aromatic heterocycles. The van der Waals surface area contributed by atoms with Gasteiger partial charge in [-0.1, -0.05) is 12.1 Å². The molecule has 3 aromatic rings. The summed E-state index contributed by atoms with van der Waals surface area (Å²) < 4.78 is 82.8. The van der Waals surface area contributed by atoms with Gasteiger partial charge in [-0.15, -0.1) is 0 Å². The number of hydrogen-bond donors (Lipinski definition) is 1. The summed E-state index contributed by atoms with van der Waals surface area (Å²) in [6.07, 6.45) is -3.00. The summed E-state index contributed by atoms with van der Waals surface area (Å²) in [4.78, 5) is 60.7. The number of hydroxylamine groups is 2. The van der Waals surface area contributed by atoms with Crippen molar-refractivity contribution in [3.05, 3.63) is 104 Å². The van der Waals surface area contributed by atoms with Crippen molar-refractivity contribution in [1.29, 1.82) is 0 Å². The van der Waals surface area contributed by atoms with Crippen LogP contribution in [-0.4, -0.2) is 50.4 Å². The van der Waals surface area contributed by atoms with Gasteiger partial charge in [0.2, 0.25) is 5.91 Å². The fourth-order valence-corrected chi connectivity index (χ4v) is 6.33. The molecule has 1 N–H and O–H groups in total. The molecule has 3 aliphatic rings. The summed E-state index contributed by atoms with van der Waals surface area (Å²) >= 11 is 0. The van der Waals surface area contributed by atoms with Gasteiger partial charge in [-0.3, -0.25) is 24.0 Å². The molecule has 4 heterocycles. The summed E-state index contributed by atoms with van der Waals surface area (Å²) in [7, 11) is 0. The number of halogens is 6. The molecule has 9 nitrogen and oxygen atoms in total. The standard InChI is InChI=1S/C31H26F6N4O5/c1-16-5-6-30(11-27(43)41(46-30)13-17-3-2-4-18(7-17)31(35,36)37)26-15-39(16)29(45)24-10-25(42)21(14-40(24)26)28(44)38-12-20-22(33)8-19(32)9-23(20)34/h2-4,7-10,14,16,26H,5-6,11-13,15H2,1H3,(H,38,44). The minimum atomic E-state index is -4.59. The highest BCUT2D eigenvalue weighted by Gasteiger charge is 2.56. The first kappa shape index (κ1) is 31.3. The van der Waals surface area contributed by atoms with Gasteiger partial charge < -0.3 is 14.8 Å². The Hall–Kier alpha value is -4.66. The van der Waals surface area contributed by atoms with E-state index in [9.17, 15) is 45.5 Å². The first-order valence-electron chi connectivity index (χ1n) is 14.3. The van der Waals surface area contributed by atoms with Gasteiger partial charge in [-0.05, 0) is 37.5 Å². The minimum absolute atomic E-state index is 0.0353. The number of carbonyl (C=O) groups excluding carboxylic acids is 3. The third-order valence-corrected chi connectivity index (χ3v) is 8.77. The zero-order valence-electron chi connectivity index (χ0n) is 24.2. The van der Waals surface area contributed by atoms with Crippen LogP contribution >= 0.6 is 0 Å². The van der Waals surface area contributed by atoms with Crippen molar-refractivity contribution in [2.45, 2.75) is 63.1 Å². The molecule has 0 saturated carbocycles. The monoisotopic (exact) mass is 648 g/mol. The molecule has 1 spiro atoms. The Morgan fingerprint density at radius 3 is 2.48 bits per heavy atom. The lowest BCUT2D eigenvalue weighted by Gasteiger charge is -2.42. The van der Waals surface area contributed by atoms with E-state index in [0.29, 0.717) is 18.6 Å². The maximum absolute atomic E-state index is 14.1. The third kappa shape index (κ3) is 5.52. The van der Waals surface area contributed by atoms with Crippen molar-refractivity contribution in [3.63, 3.8) is 0 Å². The number of hydrogen-bond acceptors (Lipinski definition) is 5. The third-order valence-electron chi connectivity index (χ3n) is 8.77. The van der Waals surface area contributed by atoms with Gasteiger partial charge >= 0.3 is 6.18 Å². The quantitative estimate of drug-likeness (QED) is 0.411. The van der Waals surface area contributed by atoms with E-state index in [1.165, 1.54) is 21.6 Å². The van der Waals surface area contributed by atoms with Crippen LogP contribution < -0.4 is 10.7 Å². The zero-order chi connectivity index (χ0) is 33.1. The molecule has 2 saturated heterocycles. The van der Waals surface area contributed by atoms with Gasteiger partial charge in [-0.2, -0.15) is 13.2 Å². The van der Waals surface area contributed by atoms with E-state index in [-0.39, 0.29) is 43.2 Å². The average Bonchev–Trinajstić information content (AvgIpc) is 3.23. The van der Waals surface area contributed by atoms with Crippen molar-refractivity contribution in [3.8, 4) is 0 Å². The Bertz CT molecular complexity index is 1800. The number of rotatable bonds is 5. The van der Waals surface area contributed by atoms with Crippen LogP contribution in [0.25, 0.3) is 0 Å². The molecule has 2 bridgehead atoms. The van der Waals surface area contributed by atoms with Gasteiger partial charge in [-0.25, -0.2) is 18.2 Å². The Morgan fingerprint density at radius 2 is 1.78 bits per heavy atom. The first-order chi connectivity index (χ1) is 21.7. The highest BCUT2D eigenvalue weighted by Crippen LogP contribution is 2.46. The number of amides is 3. The highest BCUT2D eigenvalue weighted by atomic mass is 19.4. The average molecular weight is 649 g/mol. The fourth-order valence-electron chi connectivity index (χ4n) is 6.33. The number of nitrogens with zero attached hydrogens (tertiary/aromatic N) is 3. The van der Waals surface area contributed by atoms with Gasteiger partial charge in [0.1, 0.15) is 34.3 Å². The summed E-state index contributed by atoms with van der Waals surface area (Å²) in [5.74, 6) is -5.64. The van der Waals surface area contributed by atoms with E-state index in [1.807, 2.05) is 0 Å². The van der Waals surface area contributed by atoms with Crippen LogP contribution in [0.3, 0.4) is 0 Å². The lowest BCUT2D eigenvalue weighted by Crippen LogP contribution is -2.52. The number of pyridine rings is 1. The van der Waals surface area contributed by atoms with Gasteiger partial charge in [0.25, 0.3) is 11.8 Å². The summed E-state index contributed by atoms with van der Waals surface area (Å²) in [5, 5.41) is 3.24. The highest BCUT2D eigenvalue weighted by molar-refractivity contribution is 5.97. The predicted octanol–water partition coefficient (Wildman–Crippen LogP) is 4.50. The minimum Gasteiger partial charge on any atom is -0.348 e. The number of nitrogens with one attached hydrogen (secondary N) is 1. The maximum Gasteiger partial charge on any atom is 0.416 e. The van der Waals surface area contributed by atoms with Crippen molar-refractivity contribution in [2.24, 2.45) is 0 Å². The van der Waals surface area contributed by atoms with Crippen molar-refractivity contribution >= 4 is 17.7 Å². The van der Waals surface area contributed by atoms with E-state index in [2.05, 4.69) is 5.32 Å². The Balaban J connectivity index is 1.32. The number of benzene rings is 2. The number of fused-ring (bicyclic) bond motifs is 5. The molecule has 3 amide bonds. The largest absolute Gasteiger partial charge is 0.416 e. The molecule has 6 rings (SSSR count). The molecular weight excluding hydrogens is 622 g/mol. The summed E-state index contributed by atoms with van der Waals surface area (Å²) in [6.45, 7) is 0.844. The van der Waals surface area contributed by atoms with Crippen LogP contribution in [0, 0.1) is 17.5 Å². The van der Waals surface area contributed by atoms with Crippen LogP contribution in [0.4, 0.5) is 26.3 Å². The molecule has 3 atom stereocenters. The Kier molecular flexibility index (Phi) is 7.69. The van der Waals surface area contributed by atoms with Gasteiger partial charge in [0.05, 0.1) is 24.6 Å². The molecule has 15 heteroatoms. The Labute approximate surface area is 257 Å². The first-order valence-corrected chi connectivity index (χ1v) is 14.3. The second kappa shape index (κ2) is 11.3. The lowest BCUT2D eigenvalue weighted by molar-refractivity contribution is -0.218. The number of aromatic nitrogens is 1. The molecule has 2 fully saturated rings. The van der Waals surface area contributed by atoms with Crippen molar-refractivity contribution in [1.82, 2.24) is 19.8 Å². The predicted molar refractivity (Wildman–Crippen MR) is 147 cm³/mol. The van der Waals surface area contributed by atoms with E-state index < -0.39 is 81.7 Å².